The lowest BCUT2D eigenvalue weighted by molar-refractivity contribution is 0.0488. The highest BCUT2D eigenvalue weighted by Crippen LogP contribution is 2.30. The lowest BCUT2D eigenvalue weighted by atomic mass is 10.0. The highest BCUT2D eigenvalue weighted by Gasteiger charge is 2.15. The Bertz CT molecular complexity index is 453. The van der Waals surface area contributed by atoms with E-state index < -0.39 is 6.10 Å². The topological polar surface area (TPSA) is 38.7 Å². The van der Waals surface area contributed by atoms with Crippen LogP contribution in [0.4, 0.5) is 0 Å². The van der Waals surface area contributed by atoms with Crippen molar-refractivity contribution in [2.45, 2.75) is 6.10 Å². The average Bonchev–Trinajstić information content (AvgIpc) is 2.89. The number of aliphatic hydroxyl groups is 1. The van der Waals surface area contributed by atoms with Crippen molar-refractivity contribution < 1.29 is 14.6 Å². The molecule has 0 amide bonds. The highest BCUT2D eigenvalue weighted by atomic mass is 32.1. The maximum Gasteiger partial charge on any atom is 0.188 e. The van der Waals surface area contributed by atoms with E-state index in [0.717, 1.165) is 11.1 Å². The molecule has 0 saturated heterocycles. The fourth-order valence-corrected chi connectivity index (χ4v) is 2.25. The molecular weight excluding hydrogens is 236 g/mol. The first kappa shape index (κ1) is 12.1. The molecule has 3 nitrogen and oxygen atoms in total. The van der Waals surface area contributed by atoms with E-state index in [0.29, 0.717) is 5.75 Å². The number of hydrogen-bond acceptors (Lipinski definition) is 4. The van der Waals surface area contributed by atoms with E-state index in [9.17, 15) is 5.11 Å². The summed E-state index contributed by atoms with van der Waals surface area (Å²) >= 11 is 1.56. The van der Waals surface area contributed by atoms with Crippen LogP contribution < -0.4 is 4.74 Å². The highest BCUT2D eigenvalue weighted by molar-refractivity contribution is 7.07. The lowest BCUT2D eigenvalue weighted by Gasteiger charge is -2.14. The molecule has 1 atom stereocenters. The molecule has 1 aromatic heterocycles. The van der Waals surface area contributed by atoms with Crippen LogP contribution in [-0.2, 0) is 4.74 Å². The average molecular weight is 250 g/mol. The third-order valence-corrected chi connectivity index (χ3v) is 3.11. The van der Waals surface area contributed by atoms with Crippen molar-refractivity contribution >= 4 is 11.3 Å². The third-order valence-electron chi connectivity index (χ3n) is 2.40. The Kier molecular flexibility index (Phi) is 4.14. The van der Waals surface area contributed by atoms with E-state index in [-0.39, 0.29) is 6.79 Å². The molecule has 0 spiro atoms. The predicted molar refractivity (Wildman–Crippen MR) is 67.3 cm³/mol. The molecule has 0 aliphatic heterocycles. The molecule has 0 bridgehead atoms. The molecule has 90 valence electrons. The fraction of sp³-hybridized carbons (Fsp3) is 0.231. The van der Waals surface area contributed by atoms with Crippen LogP contribution in [0.1, 0.15) is 17.2 Å². The van der Waals surface area contributed by atoms with Gasteiger partial charge in [0, 0.05) is 12.7 Å². The molecule has 0 saturated carbocycles. The second-order valence-corrected chi connectivity index (χ2v) is 4.33. The molecule has 0 unspecified atom stereocenters. The van der Waals surface area contributed by atoms with Crippen molar-refractivity contribution in [3.8, 4) is 5.75 Å². The summed E-state index contributed by atoms with van der Waals surface area (Å²) in [5.74, 6) is 0.646. The van der Waals surface area contributed by atoms with Crippen LogP contribution in [0.2, 0.25) is 0 Å². The Morgan fingerprint density at radius 3 is 2.82 bits per heavy atom. The smallest absolute Gasteiger partial charge is 0.188 e. The van der Waals surface area contributed by atoms with Gasteiger partial charge in [0.25, 0.3) is 0 Å². The Hall–Kier alpha value is -1.36. The number of benzene rings is 1. The standard InChI is InChI=1S/C13H14O3S/c1-15-9-16-12-5-3-2-4-11(12)13(14)10-6-7-17-8-10/h2-8,13-14H,9H2,1H3/t13-/m0/s1. The van der Waals surface area contributed by atoms with E-state index in [4.69, 9.17) is 9.47 Å². The summed E-state index contributed by atoms with van der Waals surface area (Å²) in [6, 6.07) is 9.33. The second kappa shape index (κ2) is 5.82. The Morgan fingerprint density at radius 1 is 1.29 bits per heavy atom. The van der Waals surface area contributed by atoms with Crippen LogP contribution in [0.25, 0.3) is 0 Å². The van der Waals surface area contributed by atoms with E-state index in [1.807, 2.05) is 41.1 Å². The molecule has 0 fully saturated rings. The molecule has 4 heteroatoms. The second-order valence-electron chi connectivity index (χ2n) is 3.55. The largest absolute Gasteiger partial charge is 0.467 e. The molecule has 2 rings (SSSR count). The normalized spacial score (nSPS) is 12.4. The van der Waals surface area contributed by atoms with Crippen molar-refractivity contribution in [2.24, 2.45) is 0 Å². The Morgan fingerprint density at radius 2 is 2.12 bits per heavy atom. The molecule has 17 heavy (non-hydrogen) atoms. The first-order valence-electron chi connectivity index (χ1n) is 5.23. The first-order valence-corrected chi connectivity index (χ1v) is 6.18. The van der Waals surface area contributed by atoms with E-state index in [1.165, 1.54) is 0 Å². The molecule has 2 aromatic rings. The number of para-hydroxylation sites is 1. The number of aliphatic hydroxyl groups excluding tert-OH is 1. The number of ether oxygens (including phenoxy) is 2. The zero-order chi connectivity index (χ0) is 12.1. The van der Waals surface area contributed by atoms with Crippen molar-refractivity contribution in [3.63, 3.8) is 0 Å². The number of methoxy groups -OCH3 is 1. The maximum absolute atomic E-state index is 10.2. The van der Waals surface area contributed by atoms with Crippen LogP contribution in [0.15, 0.2) is 41.1 Å². The van der Waals surface area contributed by atoms with Crippen LogP contribution >= 0.6 is 11.3 Å². The van der Waals surface area contributed by atoms with E-state index >= 15 is 0 Å². The van der Waals surface area contributed by atoms with Crippen LogP contribution in [0.5, 0.6) is 5.75 Å². The minimum atomic E-state index is -0.658. The molecule has 0 radical (unpaired) electrons. The van der Waals surface area contributed by atoms with Crippen molar-refractivity contribution in [3.05, 3.63) is 52.2 Å². The van der Waals surface area contributed by atoms with Crippen molar-refractivity contribution in [1.82, 2.24) is 0 Å². The number of rotatable bonds is 5. The van der Waals surface area contributed by atoms with Gasteiger partial charge in [-0.15, -0.1) is 0 Å². The maximum atomic E-state index is 10.2. The number of thiophene rings is 1. The zero-order valence-corrected chi connectivity index (χ0v) is 10.3. The van der Waals surface area contributed by atoms with Gasteiger partial charge in [-0.1, -0.05) is 18.2 Å². The van der Waals surface area contributed by atoms with Gasteiger partial charge in [-0.05, 0) is 28.5 Å². The van der Waals surface area contributed by atoms with Gasteiger partial charge in [0.05, 0.1) is 0 Å². The summed E-state index contributed by atoms with van der Waals surface area (Å²) in [6.07, 6.45) is -0.658. The van der Waals surface area contributed by atoms with Gasteiger partial charge in [0.1, 0.15) is 11.9 Å². The molecular formula is C13H14O3S. The van der Waals surface area contributed by atoms with Crippen LogP contribution in [0, 0.1) is 0 Å². The molecule has 1 heterocycles. The summed E-state index contributed by atoms with van der Waals surface area (Å²) in [4.78, 5) is 0. The van der Waals surface area contributed by atoms with Gasteiger partial charge in [0.15, 0.2) is 6.79 Å². The SMILES string of the molecule is COCOc1ccccc1[C@@H](O)c1ccsc1. The van der Waals surface area contributed by atoms with E-state index in [2.05, 4.69) is 0 Å². The Labute approximate surface area is 104 Å². The van der Waals surface area contributed by atoms with Gasteiger partial charge in [-0.2, -0.15) is 11.3 Å². The van der Waals surface area contributed by atoms with Gasteiger partial charge in [-0.3, -0.25) is 0 Å². The van der Waals surface area contributed by atoms with Crippen molar-refractivity contribution in [2.75, 3.05) is 13.9 Å². The summed E-state index contributed by atoms with van der Waals surface area (Å²) in [5, 5.41) is 14.1. The van der Waals surface area contributed by atoms with Gasteiger partial charge in [-0.25, -0.2) is 0 Å². The van der Waals surface area contributed by atoms with E-state index in [1.54, 1.807) is 18.4 Å². The lowest BCUT2D eigenvalue weighted by Crippen LogP contribution is -2.05. The summed E-state index contributed by atoms with van der Waals surface area (Å²) in [7, 11) is 1.57. The van der Waals surface area contributed by atoms with Gasteiger partial charge in [0.2, 0.25) is 0 Å². The predicted octanol–water partition coefficient (Wildman–Crippen LogP) is 2.81. The quantitative estimate of drug-likeness (QED) is 0.829. The summed E-state index contributed by atoms with van der Waals surface area (Å²) in [6.45, 7) is 0.174. The molecule has 0 aliphatic rings. The molecule has 0 aliphatic carbocycles. The first-order chi connectivity index (χ1) is 8.33. The monoisotopic (exact) mass is 250 g/mol. The summed E-state index contributed by atoms with van der Waals surface area (Å²) < 4.78 is 10.3. The fourth-order valence-electron chi connectivity index (χ4n) is 1.57. The van der Waals surface area contributed by atoms with Gasteiger partial charge >= 0.3 is 0 Å². The van der Waals surface area contributed by atoms with Crippen LogP contribution in [0.3, 0.4) is 0 Å². The minimum Gasteiger partial charge on any atom is -0.467 e. The number of hydrogen-bond donors (Lipinski definition) is 1. The molecule has 1 aromatic carbocycles. The minimum absolute atomic E-state index is 0.174. The summed E-state index contributed by atoms with van der Waals surface area (Å²) in [5.41, 5.74) is 1.63. The third kappa shape index (κ3) is 2.85. The zero-order valence-electron chi connectivity index (χ0n) is 9.50. The molecule has 1 N–H and O–H groups in total. The van der Waals surface area contributed by atoms with Gasteiger partial charge < -0.3 is 14.6 Å². The van der Waals surface area contributed by atoms with Crippen molar-refractivity contribution in [1.29, 1.82) is 0 Å². The van der Waals surface area contributed by atoms with Crippen LogP contribution in [-0.4, -0.2) is 19.0 Å². The Balaban J connectivity index is 2.25.